The van der Waals surface area contributed by atoms with Gasteiger partial charge >= 0.3 is 0 Å². The zero-order valence-electron chi connectivity index (χ0n) is 8.61. The highest BCUT2D eigenvalue weighted by Gasteiger charge is 2.26. The van der Waals surface area contributed by atoms with Gasteiger partial charge in [0.05, 0.1) is 0 Å². The molecule has 0 amide bonds. The predicted molar refractivity (Wildman–Crippen MR) is 65.6 cm³/mol. The van der Waals surface area contributed by atoms with Crippen molar-refractivity contribution in [2.45, 2.75) is 30.6 Å². The molecule has 1 aliphatic rings. The fourth-order valence-electron chi connectivity index (χ4n) is 1.98. The van der Waals surface area contributed by atoms with E-state index in [1.165, 1.54) is 25.6 Å². The second-order valence-electron chi connectivity index (χ2n) is 3.68. The molecule has 3 nitrogen and oxygen atoms in total. The average molecular weight is 244 g/mol. The number of halogens is 1. The third-order valence-electron chi connectivity index (χ3n) is 2.72. The average Bonchev–Trinajstić information content (AvgIpc) is 2.65. The third kappa shape index (κ3) is 2.75. The van der Waals surface area contributed by atoms with E-state index in [2.05, 4.69) is 21.5 Å². The summed E-state index contributed by atoms with van der Waals surface area (Å²) in [6.07, 6.45) is 7.46. The number of anilines is 1. The van der Waals surface area contributed by atoms with Crippen LogP contribution in [0.5, 0.6) is 0 Å². The number of rotatable bonds is 3. The van der Waals surface area contributed by atoms with E-state index in [9.17, 15) is 0 Å². The largest absolute Gasteiger partial charge is 0.366 e. The van der Waals surface area contributed by atoms with Crippen molar-refractivity contribution in [1.82, 2.24) is 9.97 Å². The molecule has 1 fully saturated rings. The van der Waals surface area contributed by atoms with Crippen LogP contribution in [0.1, 0.15) is 19.3 Å². The van der Waals surface area contributed by atoms with Crippen LogP contribution in [0.3, 0.4) is 0 Å². The Kier molecular flexibility index (Phi) is 3.70. The van der Waals surface area contributed by atoms with E-state index >= 15 is 0 Å². The second kappa shape index (κ2) is 5.03. The molecule has 0 aliphatic heterocycles. The third-order valence-corrected chi connectivity index (χ3v) is 4.10. The molecule has 1 saturated carbocycles. The Balaban J connectivity index is 2.02. The zero-order valence-corrected chi connectivity index (χ0v) is 10.2. The lowest BCUT2D eigenvalue weighted by Crippen LogP contribution is -2.26. The van der Waals surface area contributed by atoms with Gasteiger partial charge in [-0.15, -0.1) is 0 Å². The maximum Gasteiger partial charge on any atom is 0.134 e. The normalized spacial score (nSPS) is 25.5. The first kappa shape index (κ1) is 11.0. The van der Waals surface area contributed by atoms with Crippen molar-refractivity contribution in [1.29, 1.82) is 0 Å². The van der Waals surface area contributed by atoms with Gasteiger partial charge in [-0.3, -0.25) is 0 Å². The zero-order chi connectivity index (χ0) is 10.7. The van der Waals surface area contributed by atoms with Gasteiger partial charge in [0.2, 0.25) is 0 Å². The molecule has 0 spiro atoms. The van der Waals surface area contributed by atoms with Crippen LogP contribution >= 0.6 is 23.4 Å². The molecule has 1 aromatic heterocycles. The van der Waals surface area contributed by atoms with Crippen LogP contribution in [0.15, 0.2) is 12.4 Å². The highest BCUT2D eigenvalue weighted by Crippen LogP contribution is 2.30. The summed E-state index contributed by atoms with van der Waals surface area (Å²) in [4.78, 5) is 8.02. The molecule has 5 heteroatoms. The highest BCUT2D eigenvalue weighted by atomic mass is 35.5. The molecule has 0 aromatic carbocycles. The fourth-order valence-corrected chi connectivity index (χ4v) is 3.06. The minimum atomic E-state index is 0.492. The van der Waals surface area contributed by atoms with Crippen molar-refractivity contribution >= 4 is 29.2 Å². The molecule has 0 bridgehead atoms. The molecule has 82 valence electrons. The Morgan fingerprint density at radius 2 is 2.33 bits per heavy atom. The summed E-state index contributed by atoms with van der Waals surface area (Å²) in [6, 6.07) is 2.29. The van der Waals surface area contributed by atoms with E-state index in [0.29, 0.717) is 16.4 Å². The molecular formula is C10H14ClN3S. The fraction of sp³-hybridized carbons (Fsp3) is 0.600. The molecule has 0 saturated heterocycles. The Hall–Kier alpha value is -0.480. The molecule has 1 aliphatic carbocycles. The van der Waals surface area contributed by atoms with E-state index in [1.807, 2.05) is 11.8 Å². The lowest BCUT2D eigenvalue weighted by molar-refractivity contribution is 0.762. The summed E-state index contributed by atoms with van der Waals surface area (Å²) >= 11 is 7.73. The van der Waals surface area contributed by atoms with Crippen molar-refractivity contribution in [3.8, 4) is 0 Å². The number of nitrogens with zero attached hydrogens (tertiary/aromatic N) is 2. The first-order chi connectivity index (χ1) is 7.29. The SMILES string of the molecule is CSC1CCCC1Nc1cc(Cl)ncn1. The van der Waals surface area contributed by atoms with Gasteiger partial charge in [-0.1, -0.05) is 18.0 Å². The van der Waals surface area contributed by atoms with Crippen molar-refractivity contribution in [2.24, 2.45) is 0 Å². The van der Waals surface area contributed by atoms with Crippen LogP contribution in [0.25, 0.3) is 0 Å². The van der Waals surface area contributed by atoms with E-state index in [0.717, 1.165) is 5.82 Å². The van der Waals surface area contributed by atoms with Crippen molar-refractivity contribution in [3.05, 3.63) is 17.5 Å². The van der Waals surface area contributed by atoms with Gasteiger partial charge in [0.1, 0.15) is 17.3 Å². The summed E-state index contributed by atoms with van der Waals surface area (Å²) in [5, 5.41) is 4.61. The van der Waals surface area contributed by atoms with Crippen LogP contribution in [0.2, 0.25) is 5.15 Å². The topological polar surface area (TPSA) is 37.8 Å². The second-order valence-corrected chi connectivity index (χ2v) is 5.15. The Labute approximate surface area is 99.0 Å². The van der Waals surface area contributed by atoms with Gasteiger partial charge in [-0.2, -0.15) is 11.8 Å². The number of nitrogens with one attached hydrogen (secondary N) is 1. The minimum Gasteiger partial charge on any atom is -0.366 e. The van der Waals surface area contributed by atoms with Crippen molar-refractivity contribution in [2.75, 3.05) is 11.6 Å². The summed E-state index contributed by atoms with van der Waals surface area (Å²) in [5.74, 6) is 0.834. The van der Waals surface area contributed by atoms with E-state index in [1.54, 1.807) is 6.07 Å². The molecule has 1 aromatic rings. The first-order valence-corrected chi connectivity index (χ1v) is 6.73. The lowest BCUT2D eigenvalue weighted by Gasteiger charge is -2.19. The summed E-state index contributed by atoms with van der Waals surface area (Å²) in [7, 11) is 0. The molecule has 15 heavy (non-hydrogen) atoms. The van der Waals surface area contributed by atoms with Gasteiger partial charge in [-0.05, 0) is 19.1 Å². The van der Waals surface area contributed by atoms with Crippen LogP contribution in [-0.2, 0) is 0 Å². The van der Waals surface area contributed by atoms with Gasteiger partial charge in [-0.25, -0.2) is 9.97 Å². The molecule has 1 N–H and O–H groups in total. The monoisotopic (exact) mass is 243 g/mol. The van der Waals surface area contributed by atoms with Gasteiger partial charge in [0, 0.05) is 17.4 Å². The Morgan fingerprint density at radius 3 is 3.07 bits per heavy atom. The summed E-state index contributed by atoms with van der Waals surface area (Å²) in [6.45, 7) is 0. The molecule has 1 heterocycles. The Morgan fingerprint density at radius 1 is 1.47 bits per heavy atom. The minimum absolute atomic E-state index is 0.492. The Bertz CT molecular complexity index is 334. The number of hydrogen-bond acceptors (Lipinski definition) is 4. The van der Waals surface area contributed by atoms with Crippen LogP contribution in [0.4, 0.5) is 5.82 Å². The number of aromatic nitrogens is 2. The van der Waals surface area contributed by atoms with Crippen molar-refractivity contribution < 1.29 is 0 Å². The lowest BCUT2D eigenvalue weighted by atomic mass is 10.2. The van der Waals surface area contributed by atoms with Crippen LogP contribution < -0.4 is 5.32 Å². The quantitative estimate of drug-likeness (QED) is 0.829. The molecule has 2 atom stereocenters. The highest BCUT2D eigenvalue weighted by molar-refractivity contribution is 7.99. The molecule has 2 unspecified atom stereocenters. The van der Waals surface area contributed by atoms with E-state index in [-0.39, 0.29) is 0 Å². The maximum absolute atomic E-state index is 5.80. The summed E-state index contributed by atoms with van der Waals surface area (Å²) < 4.78 is 0. The predicted octanol–water partition coefficient (Wildman–Crippen LogP) is 2.83. The number of thioether (sulfide) groups is 1. The van der Waals surface area contributed by atoms with E-state index in [4.69, 9.17) is 11.6 Å². The molecule has 0 radical (unpaired) electrons. The van der Waals surface area contributed by atoms with Gasteiger partial charge in [0.25, 0.3) is 0 Å². The van der Waals surface area contributed by atoms with E-state index < -0.39 is 0 Å². The molecule has 2 rings (SSSR count). The summed E-state index contributed by atoms with van der Waals surface area (Å²) in [5.41, 5.74) is 0. The van der Waals surface area contributed by atoms with Crippen molar-refractivity contribution in [3.63, 3.8) is 0 Å². The maximum atomic E-state index is 5.80. The van der Waals surface area contributed by atoms with Crippen LogP contribution in [0, 0.1) is 0 Å². The first-order valence-electron chi connectivity index (χ1n) is 5.06. The van der Waals surface area contributed by atoms with Gasteiger partial charge in [0.15, 0.2) is 0 Å². The standard InChI is InChI=1S/C10H14ClN3S/c1-15-8-4-2-3-7(8)14-10-5-9(11)12-6-13-10/h5-8H,2-4H2,1H3,(H,12,13,14). The smallest absolute Gasteiger partial charge is 0.134 e. The number of hydrogen-bond donors (Lipinski definition) is 1. The van der Waals surface area contributed by atoms with Crippen LogP contribution in [-0.4, -0.2) is 27.5 Å². The molecular weight excluding hydrogens is 230 g/mol. The van der Waals surface area contributed by atoms with Gasteiger partial charge < -0.3 is 5.32 Å².